The van der Waals surface area contributed by atoms with Crippen LogP contribution in [-0.4, -0.2) is 24.9 Å². The van der Waals surface area contributed by atoms with Crippen LogP contribution in [0.2, 0.25) is 0 Å². The fraction of sp³-hybridized carbons (Fsp3) is 0.333. The average molecular weight is 328 g/mol. The van der Waals surface area contributed by atoms with E-state index in [4.69, 9.17) is 0 Å². The van der Waals surface area contributed by atoms with Crippen molar-refractivity contribution in [3.8, 4) is 0 Å². The first-order valence-electron chi connectivity index (χ1n) is 7.70. The number of nitrogens with zero attached hydrogens (tertiary/aromatic N) is 2. The number of carbonyl (C=O) groups is 2. The van der Waals surface area contributed by atoms with Gasteiger partial charge in [0.15, 0.2) is 0 Å². The summed E-state index contributed by atoms with van der Waals surface area (Å²) in [5, 5.41) is 0. The van der Waals surface area contributed by atoms with E-state index in [2.05, 4.69) is 0 Å². The van der Waals surface area contributed by atoms with E-state index < -0.39 is 0 Å². The molecule has 0 bridgehead atoms. The number of anilines is 2. The molecule has 0 aliphatic carbocycles. The fourth-order valence-electron chi connectivity index (χ4n) is 3.00. The molecule has 0 radical (unpaired) electrons. The largest absolute Gasteiger partial charge is 0.313 e. The fourth-order valence-corrected chi connectivity index (χ4v) is 3.88. The highest BCUT2D eigenvalue weighted by molar-refractivity contribution is 7.12. The minimum Gasteiger partial charge on any atom is -0.313 e. The van der Waals surface area contributed by atoms with Gasteiger partial charge in [0.25, 0.3) is 0 Å². The van der Waals surface area contributed by atoms with Gasteiger partial charge in [0.2, 0.25) is 11.8 Å². The number of amides is 2. The molecule has 0 saturated carbocycles. The van der Waals surface area contributed by atoms with Crippen LogP contribution in [0.5, 0.6) is 0 Å². The molecule has 120 valence electrons. The van der Waals surface area contributed by atoms with E-state index in [1.54, 1.807) is 28.2 Å². The van der Waals surface area contributed by atoms with Crippen LogP contribution < -0.4 is 9.80 Å². The van der Waals surface area contributed by atoms with Crippen LogP contribution in [0, 0.1) is 6.92 Å². The highest BCUT2D eigenvalue weighted by Gasteiger charge is 2.32. The second-order valence-corrected chi connectivity index (χ2v) is 7.32. The Hall–Kier alpha value is -2.14. The van der Waals surface area contributed by atoms with Gasteiger partial charge in [-0.15, -0.1) is 11.3 Å². The molecule has 0 N–H and O–H groups in total. The lowest BCUT2D eigenvalue weighted by Gasteiger charge is -2.28. The lowest BCUT2D eigenvalue weighted by atomic mass is 10.1. The van der Waals surface area contributed by atoms with Gasteiger partial charge in [-0.3, -0.25) is 9.59 Å². The summed E-state index contributed by atoms with van der Waals surface area (Å²) in [5.74, 6) is 0.0714. The lowest BCUT2D eigenvalue weighted by Crippen LogP contribution is -2.40. The van der Waals surface area contributed by atoms with E-state index in [9.17, 15) is 9.59 Å². The summed E-state index contributed by atoms with van der Waals surface area (Å²) in [6.45, 7) is 3.97. The highest BCUT2D eigenvalue weighted by atomic mass is 32.1. The number of thiophene rings is 1. The number of benzene rings is 1. The first-order chi connectivity index (χ1) is 11.0. The summed E-state index contributed by atoms with van der Waals surface area (Å²) in [5.41, 5.74) is 1.60. The molecule has 1 atom stereocenters. The summed E-state index contributed by atoms with van der Waals surface area (Å²) in [6.07, 6.45) is 0.704. The molecule has 1 aliphatic heterocycles. The van der Waals surface area contributed by atoms with Gasteiger partial charge in [-0.2, -0.15) is 0 Å². The monoisotopic (exact) mass is 328 g/mol. The highest BCUT2D eigenvalue weighted by Crippen LogP contribution is 2.34. The molecule has 4 nitrogen and oxygen atoms in total. The van der Waals surface area contributed by atoms with Gasteiger partial charge in [-0.25, -0.2) is 0 Å². The van der Waals surface area contributed by atoms with Gasteiger partial charge < -0.3 is 9.80 Å². The van der Waals surface area contributed by atoms with Crippen molar-refractivity contribution in [3.05, 3.63) is 46.2 Å². The topological polar surface area (TPSA) is 40.6 Å². The Balaban J connectivity index is 1.97. The SMILES string of the molecule is Cc1ccc(CC(=O)N2c3ccccc3N(C)C(=O)C[C@@H]2C)s1. The van der Waals surface area contributed by atoms with Crippen molar-refractivity contribution in [2.75, 3.05) is 16.8 Å². The molecule has 1 aromatic carbocycles. The lowest BCUT2D eigenvalue weighted by molar-refractivity contribution is -0.119. The van der Waals surface area contributed by atoms with Gasteiger partial charge in [0.1, 0.15) is 0 Å². The summed E-state index contributed by atoms with van der Waals surface area (Å²) < 4.78 is 0. The van der Waals surface area contributed by atoms with Crippen molar-refractivity contribution in [1.29, 1.82) is 0 Å². The number of aryl methyl sites for hydroxylation is 1. The number of carbonyl (C=O) groups excluding carboxylic acids is 2. The number of hydrogen-bond acceptors (Lipinski definition) is 3. The van der Waals surface area contributed by atoms with Gasteiger partial charge in [0.05, 0.1) is 17.8 Å². The maximum Gasteiger partial charge on any atom is 0.232 e. The first-order valence-corrected chi connectivity index (χ1v) is 8.52. The third-order valence-corrected chi connectivity index (χ3v) is 5.18. The molecule has 1 aliphatic rings. The Labute approximate surface area is 140 Å². The van der Waals surface area contributed by atoms with Crippen LogP contribution in [0.3, 0.4) is 0 Å². The van der Waals surface area contributed by atoms with Gasteiger partial charge in [-0.1, -0.05) is 12.1 Å². The molecular weight excluding hydrogens is 308 g/mol. The first kappa shape index (κ1) is 15.7. The van der Waals surface area contributed by atoms with Crippen LogP contribution in [-0.2, 0) is 16.0 Å². The molecule has 0 fully saturated rings. The molecular formula is C18H20N2O2S. The van der Waals surface area contributed by atoms with Gasteiger partial charge in [-0.05, 0) is 38.1 Å². The zero-order valence-electron chi connectivity index (χ0n) is 13.6. The Morgan fingerprint density at radius 2 is 1.91 bits per heavy atom. The van der Waals surface area contributed by atoms with Gasteiger partial charge in [0, 0.05) is 29.3 Å². The van der Waals surface area contributed by atoms with Crippen molar-refractivity contribution >= 4 is 34.5 Å². The van der Waals surface area contributed by atoms with Crippen molar-refractivity contribution in [1.82, 2.24) is 0 Å². The molecule has 0 saturated heterocycles. The third kappa shape index (κ3) is 3.01. The van der Waals surface area contributed by atoms with Crippen LogP contribution in [0.4, 0.5) is 11.4 Å². The maximum atomic E-state index is 12.9. The normalized spacial score (nSPS) is 17.9. The summed E-state index contributed by atoms with van der Waals surface area (Å²) in [7, 11) is 1.77. The molecule has 2 aromatic rings. The molecule has 1 aromatic heterocycles. The number of rotatable bonds is 2. The van der Waals surface area contributed by atoms with Crippen LogP contribution >= 0.6 is 11.3 Å². The van der Waals surface area contributed by atoms with E-state index in [1.807, 2.05) is 50.2 Å². The van der Waals surface area contributed by atoms with Crippen molar-refractivity contribution in [3.63, 3.8) is 0 Å². The zero-order valence-corrected chi connectivity index (χ0v) is 14.4. The van der Waals surface area contributed by atoms with E-state index in [0.29, 0.717) is 12.8 Å². The molecule has 0 unspecified atom stereocenters. The minimum absolute atomic E-state index is 0.0345. The van der Waals surface area contributed by atoms with Gasteiger partial charge >= 0.3 is 0 Å². The third-order valence-electron chi connectivity index (χ3n) is 4.18. The molecule has 23 heavy (non-hydrogen) atoms. The quantitative estimate of drug-likeness (QED) is 0.848. The maximum absolute atomic E-state index is 12.9. The summed E-state index contributed by atoms with van der Waals surface area (Å²) in [4.78, 5) is 30.9. The standard InChI is InChI=1S/C18H20N2O2S/c1-12-10-17(21)19(3)15-6-4-5-7-16(15)20(12)18(22)11-14-9-8-13(2)23-14/h4-9,12H,10-11H2,1-3H3/t12-/m0/s1. The van der Waals surface area contributed by atoms with Crippen LogP contribution in [0.25, 0.3) is 0 Å². The number of para-hydroxylation sites is 2. The summed E-state index contributed by atoms with van der Waals surface area (Å²) >= 11 is 1.64. The molecule has 5 heteroatoms. The van der Waals surface area contributed by atoms with E-state index in [-0.39, 0.29) is 17.9 Å². The average Bonchev–Trinajstić information content (AvgIpc) is 2.88. The number of hydrogen-bond donors (Lipinski definition) is 0. The second kappa shape index (κ2) is 6.16. The van der Waals surface area contributed by atoms with E-state index in [0.717, 1.165) is 16.3 Å². The van der Waals surface area contributed by atoms with E-state index in [1.165, 1.54) is 4.88 Å². The zero-order chi connectivity index (χ0) is 16.6. The Kier molecular flexibility index (Phi) is 4.22. The Morgan fingerprint density at radius 3 is 2.57 bits per heavy atom. The Bertz CT molecular complexity index is 753. The van der Waals surface area contributed by atoms with E-state index >= 15 is 0 Å². The number of fused-ring (bicyclic) bond motifs is 1. The molecule has 2 heterocycles. The van der Waals surface area contributed by atoms with Crippen molar-refractivity contribution in [2.45, 2.75) is 32.7 Å². The minimum atomic E-state index is -0.151. The Morgan fingerprint density at radius 1 is 1.22 bits per heavy atom. The second-order valence-electron chi connectivity index (χ2n) is 5.95. The van der Waals surface area contributed by atoms with Crippen LogP contribution in [0.1, 0.15) is 23.1 Å². The van der Waals surface area contributed by atoms with Crippen molar-refractivity contribution < 1.29 is 9.59 Å². The molecule has 2 amide bonds. The van der Waals surface area contributed by atoms with Crippen molar-refractivity contribution in [2.24, 2.45) is 0 Å². The predicted octanol–water partition coefficient (Wildman–Crippen LogP) is 3.39. The van der Waals surface area contributed by atoms with Crippen LogP contribution in [0.15, 0.2) is 36.4 Å². The predicted molar refractivity (Wildman–Crippen MR) is 94.2 cm³/mol. The molecule has 3 rings (SSSR count). The summed E-state index contributed by atoms with van der Waals surface area (Å²) in [6, 6.07) is 11.5. The molecule has 0 spiro atoms. The smallest absolute Gasteiger partial charge is 0.232 e.